The Morgan fingerprint density at radius 3 is 2.78 bits per heavy atom. The van der Waals surface area contributed by atoms with Crippen LogP contribution in [0.2, 0.25) is 0 Å². The normalized spacial score (nSPS) is 12.0. The second kappa shape index (κ2) is 6.26. The molecule has 0 bridgehead atoms. The molecule has 1 amide bonds. The molecular formula is C13H20N2O3. The van der Waals surface area contributed by atoms with Crippen molar-refractivity contribution in [2.24, 2.45) is 5.73 Å². The fraction of sp³-hybridized carbons (Fsp3) is 0.462. The van der Waals surface area contributed by atoms with Gasteiger partial charge in [-0.2, -0.15) is 0 Å². The Labute approximate surface area is 107 Å². The number of nitrogens with zero attached hydrogens (tertiary/aromatic N) is 1. The molecule has 5 nitrogen and oxygen atoms in total. The topological polar surface area (TPSA) is 75.8 Å². The van der Waals surface area contributed by atoms with E-state index in [2.05, 4.69) is 0 Å². The second-order valence-electron chi connectivity index (χ2n) is 4.20. The third-order valence-electron chi connectivity index (χ3n) is 3.02. The summed E-state index contributed by atoms with van der Waals surface area (Å²) in [5.41, 5.74) is 5.71. The molecule has 0 saturated heterocycles. The average molecular weight is 252 g/mol. The third-order valence-corrected chi connectivity index (χ3v) is 3.02. The number of methoxy groups -OCH3 is 1. The van der Waals surface area contributed by atoms with Crippen molar-refractivity contribution in [3.05, 3.63) is 23.8 Å². The summed E-state index contributed by atoms with van der Waals surface area (Å²) >= 11 is 0. The molecule has 0 aliphatic heterocycles. The molecule has 1 rings (SSSR count). The highest BCUT2D eigenvalue weighted by molar-refractivity contribution is 5.97. The highest BCUT2D eigenvalue weighted by atomic mass is 16.5. The number of carbonyl (C=O) groups is 1. The Morgan fingerprint density at radius 2 is 2.22 bits per heavy atom. The van der Waals surface area contributed by atoms with Gasteiger partial charge in [-0.3, -0.25) is 4.79 Å². The molecular weight excluding hydrogens is 232 g/mol. The van der Waals surface area contributed by atoms with Crippen LogP contribution in [0.4, 0.5) is 0 Å². The zero-order chi connectivity index (χ0) is 13.7. The number of para-hydroxylation sites is 1. The van der Waals surface area contributed by atoms with E-state index in [1.807, 2.05) is 6.92 Å². The van der Waals surface area contributed by atoms with Crippen LogP contribution in [-0.2, 0) is 0 Å². The number of benzene rings is 1. The Balaban J connectivity index is 2.97. The van der Waals surface area contributed by atoms with Gasteiger partial charge in [0.1, 0.15) is 0 Å². The van der Waals surface area contributed by atoms with Crippen LogP contribution < -0.4 is 10.5 Å². The molecule has 1 aromatic rings. The van der Waals surface area contributed by atoms with E-state index in [0.29, 0.717) is 18.7 Å². The molecule has 3 N–H and O–H groups in total. The molecule has 0 aliphatic rings. The van der Waals surface area contributed by atoms with Crippen molar-refractivity contribution in [3.63, 3.8) is 0 Å². The first-order valence-corrected chi connectivity index (χ1v) is 5.86. The molecule has 5 heteroatoms. The van der Waals surface area contributed by atoms with Gasteiger partial charge in [-0.25, -0.2) is 0 Å². The summed E-state index contributed by atoms with van der Waals surface area (Å²) in [6.45, 7) is 2.44. The van der Waals surface area contributed by atoms with Gasteiger partial charge in [0.2, 0.25) is 0 Å². The van der Waals surface area contributed by atoms with Crippen molar-refractivity contribution < 1.29 is 14.6 Å². The number of nitrogens with two attached hydrogens (primary N) is 1. The zero-order valence-corrected chi connectivity index (χ0v) is 11.0. The van der Waals surface area contributed by atoms with Crippen molar-refractivity contribution in [2.75, 3.05) is 20.7 Å². The van der Waals surface area contributed by atoms with Gasteiger partial charge >= 0.3 is 0 Å². The molecule has 0 heterocycles. The molecule has 0 radical (unpaired) electrons. The van der Waals surface area contributed by atoms with E-state index in [9.17, 15) is 9.90 Å². The van der Waals surface area contributed by atoms with Crippen molar-refractivity contribution in [1.29, 1.82) is 0 Å². The summed E-state index contributed by atoms with van der Waals surface area (Å²) in [5, 5.41) is 9.92. The SMILES string of the molecule is COc1cccc(C(=O)N(C)C(C)CCN)c1O. The van der Waals surface area contributed by atoms with Crippen molar-refractivity contribution >= 4 is 5.91 Å². The van der Waals surface area contributed by atoms with E-state index in [1.54, 1.807) is 30.1 Å². The maximum Gasteiger partial charge on any atom is 0.257 e. The van der Waals surface area contributed by atoms with Crippen LogP contribution in [0, 0.1) is 0 Å². The molecule has 0 saturated carbocycles. The predicted molar refractivity (Wildman–Crippen MR) is 69.9 cm³/mol. The highest BCUT2D eigenvalue weighted by Crippen LogP contribution is 2.30. The second-order valence-corrected chi connectivity index (χ2v) is 4.20. The monoisotopic (exact) mass is 252 g/mol. The van der Waals surface area contributed by atoms with Crippen LogP contribution in [0.25, 0.3) is 0 Å². The van der Waals surface area contributed by atoms with Gasteiger partial charge in [0.05, 0.1) is 12.7 Å². The number of rotatable bonds is 5. The number of hydrogen-bond donors (Lipinski definition) is 2. The first-order chi connectivity index (χ1) is 8.52. The van der Waals surface area contributed by atoms with Gasteiger partial charge < -0.3 is 20.5 Å². The lowest BCUT2D eigenvalue weighted by atomic mass is 10.1. The van der Waals surface area contributed by atoms with Gasteiger partial charge in [0.25, 0.3) is 5.91 Å². The first kappa shape index (κ1) is 14.3. The summed E-state index contributed by atoms with van der Waals surface area (Å²) in [5.74, 6) is -0.0788. The van der Waals surface area contributed by atoms with Crippen LogP contribution in [0.5, 0.6) is 11.5 Å². The van der Waals surface area contributed by atoms with Crippen LogP contribution in [-0.4, -0.2) is 42.7 Å². The van der Waals surface area contributed by atoms with E-state index >= 15 is 0 Å². The lowest BCUT2D eigenvalue weighted by Crippen LogP contribution is -2.36. The molecule has 1 unspecified atom stereocenters. The van der Waals surface area contributed by atoms with E-state index in [-0.39, 0.29) is 23.3 Å². The Hall–Kier alpha value is -1.75. The van der Waals surface area contributed by atoms with Gasteiger partial charge in [-0.05, 0) is 32.0 Å². The summed E-state index contributed by atoms with van der Waals surface area (Å²) in [6, 6.07) is 4.88. The minimum atomic E-state index is -0.243. The van der Waals surface area contributed by atoms with Gasteiger partial charge in [-0.1, -0.05) is 6.07 Å². The van der Waals surface area contributed by atoms with Crippen LogP contribution in [0.3, 0.4) is 0 Å². The summed E-state index contributed by atoms with van der Waals surface area (Å²) in [7, 11) is 3.14. The molecule has 0 spiro atoms. The zero-order valence-electron chi connectivity index (χ0n) is 11.0. The molecule has 0 fully saturated rings. The van der Waals surface area contributed by atoms with Gasteiger partial charge in [0, 0.05) is 13.1 Å². The Kier molecular flexibility index (Phi) is 4.97. The van der Waals surface area contributed by atoms with Gasteiger partial charge in [0.15, 0.2) is 11.5 Å². The van der Waals surface area contributed by atoms with E-state index < -0.39 is 0 Å². The quantitative estimate of drug-likeness (QED) is 0.826. The summed E-state index contributed by atoms with van der Waals surface area (Å²) < 4.78 is 4.98. The number of hydrogen-bond acceptors (Lipinski definition) is 4. The van der Waals surface area contributed by atoms with Crippen LogP contribution in [0.15, 0.2) is 18.2 Å². The lowest BCUT2D eigenvalue weighted by Gasteiger charge is -2.25. The lowest BCUT2D eigenvalue weighted by molar-refractivity contribution is 0.0735. The number of amides is 1. The number of carbonyl (C=O) groups excluding carboxylic acids is 1. The van der Waals surface area contributed by atoms with Crippen molar-refractivity contribution in [3.8, 4) is 11.5 Å². The highest BCUT2D eigenvalue weighted by Gasteiger charge is 2.21. The standard InChI is InChI=1S/C13H20N2O3/c1-9(7-8-14)15(2)13(17)10-5-4-6-11(18-3)12(10)16/h4-6,9,16H,7-8,14H2,1-3H3. The van der Waals surface area contributed by atoms with Crippen LogP contribution in [0.1, 0.15) is 23.7 Å². The number of phenols is 1. The number of phenolic OH excluding ortho intramolecular Hbond substituents is 1. The Morgan fingerprint density at radius 1 is 1.56 bits per heavy atom. The predicted octanol–water partition coefficient (Wildman–Crippen LogP) is 1.21. The molecule has 1 aromatic carbocycles. The van der Waals surface area contributed by atoms with Gasteiger partial charge in [-0.15, -0.1) is 0 Å². The maximum atomic E-state index is 12.2. The van der Waals surface area contributed by atoms with Crippen molar-refractivity contribution in [1.82, 2.24) is 4.90 Å². The molecule has 100 valence electrons. The van der Waals surface area contributed by atoms with Crippen LogP contribution >= 0.6 is 0 Å². The Bertz CT molecular complexity index is 421. The third kappa shape index (κ3) is 2.92. The molecule has 0 aliphatic carbocycles. The van der Waals surface area contributed by atoms with Crippen molar-refractivity contribution in [2.45, 2.75) is 19.4 Å². The fourth-order valence-corrected chi connectivity index (χ4v) is 1.68. The number of aromatic hydroxyl groups is 1. The van der Waals surface area contributed by atoms with E-state index in [0.717, 1.165) is 0 Å². The summed E-state index contributed by atoms with van der Waals surface area (Å²) in [6.07, 6.45) is 0.715. The van der Waals surface area contributed by atoms with E-state index in [1.165, 1.54) is 7.11 Å². The smallest absolute Gasteiger partial charge is 0.257 e. The first-order valence-electron chi connectivity index (χ1n) is 5.86. The molecule has 1 atom stereocenters. The average Bonchev–Trinajstić information content (AvgIpc) is 2.37. The molecule has 0 aromatic heterocycles. The van der Waals surface area contributed by atoms with E-state index in [4.69, 9.17) is 10.5 Å². The molecule has 18 heavy (non-hydrogen) atoms. The minimum Gasteiger partial charge on any atom is -0.504 e. The summed E-state index contributed by atoms with van der Waals surface area (Å²) in [4.78, 5) is 13.8. The minimum absolute atomic E-state index is 0.0214. The fourth-order valence-electron chi connectivity index (χ4n) is 1.68. The largest absolute Gasteiger partial charge is 0.504 e. The maximum absolute atomic E-state index is 12.2. The number of ether oxygens (including phenoxy) is 1.